The molecule has 92 valence electrons. The maximum absolute atomic E-state index is 13.8. The van der Waals surface area contributed by atoms with E-state index in [1.54, 1.807) is 12.1 Å². The lowest BCUT2D eigenvalue weighted by Crippen LogP contribution is -2.11. The number of carbonyl (C=O) groups is 1. The second-order valence-electron chi connectivity index (χ2n) is 4.40. The number of hydrogen-bond donors (Lipinski definition) is 1. The van der Waals surface area contributed by atoms with E-state index >= 15 is 0 Å². The van der Waals surface area contributed by atoms with Gasteiger partial charge in [-0.05, 0) is 30.4 Å². The Morgan fingerprint density at radius 3 is 2.88 bits per heavy atom. The Morgan fingerprint density at radius 2 is 2.29 bits per heavy atom. The third-order valence-corrected chi connectivity index (χ3v) is 3.21. The van der Waals surface area contributed by atoms with E-state index in [9.17, 15) is 14.3 Å². The molecule has 0 saturated heterocycles. The van der Waals surface area contributed by atoms with Crippen LogP contribution >= 0.6 is 0 Å². The molecular formula is C13H15FO3. The van der Waals surface area contributed by atoms with Gasteiger partial charge >= 0.3 is 5.97 Å². The number of benzene rings is 1. The molecule has 1 aromatic rings. The minimum Gasteiger partial charge on any atom is -0.505 e. The standard InChI is InChI=1S/C13H15FO3/c1-17-12(16)7-10(8-5-6-8)9-3-2-4-11(15)13(9)14/h2-4,8,10,15H,5-7H2,1H3/t10-/m1/s1. The van der Waals surface area contributed by atoms with Crippen molar-refractivity contribution < 1.29 is 19.0 Å². The summed E-state index contributed by atoms with van der Waals surface area (Å²) in [4.78, 5) is 11.3. The van der Waals surface area contributed by atoms with Crippen molar-refractivity contribution in [3.8, 4) is 5.75 Å². The van der Waals surface area contributed by atoms with Crippen molar-refractivity contribution in [2.24, 2.45) is 5.92 Å². The number of aromatic hydroxyl groups is 1. The molecule has 0 radical (unpaired) electrons. The van der Waals surface area contributed by atoms with Gasteiger partial charge in [-0.3, -0.25) is 4.79 Å². The van der Waals surface area contributed by atoms with Crippen LogP contribution in [0.5, 0.6) is 5.75 Å². The summed E-state index contributed by atoms with van der Waals surface area (Å²) >= 11 is 0. The lowest BCUT2D eigenvalue weighted by Gasteiger charge is -2.16. The van der Waals surface area contributed by atoms with Crippen LogP contribution < -0.4 is 0 Å². The molecule has 1 aliphatic rings. The molecule has 0 aliphatic heterocycles. The zero-order valence-electron chi connectivity index (χ0n) is 9.65. The lowest BCUT2D eigenvalue weighted by molar-refractivity contribution is -0.141. The van der Waals surface area contributed by atoms with Crippen molar-refractivity contribution >= 4 is 5.97 Å². The van der Waals surface area contributed by atoms with Crippen molar-refractivity contribution in [3.05, 3.63) is 29.6 Å². The van der Waals surface area contributed by atoms with Gasteiger partial charge in [-0.25, -0.2) is 4.39 Å². The number of methoxy groups -OCH3 is 1. The molecule has 1 aliphatic carbocycles. The number of rotatable bonds is 4. The molecule has 1 N–H and O–H groups in total. The predicted octanol–water partition coefficient (Wildman–Crippen LogP) is 2.59. The van der Waals surface area contributed by atoms with Crippen LogP contribution in [0.3, 0.4) is 0 Å². The summed E-state index contributed by atoms with van der Waals surface area (Å²) in [6, 6.07) is 4.53. The third-order valence-electron chi connectivity index (χ3n) is 3.21. The van der Waals surface area contributed by atoms with Crippen molar-refractivity contribution in [1.82, 2.24) is 0 Å². The van der Waals surface area contributed by atoms with Gasteiger partial charge < -0.3 is 9.84 Å². The van der Waals surface area contributed by atoms with Crippen molar-refractivity contribution in [2.75, 3.05) is 7.11 Å². The van der Waals surface area contributed by atoms with Gasteiger partial charge in [-0.1, -0.05) is 12.1 Å². The first-order valence-corrected chi connectivity index (χ1v) is 5.67. The average Bonchev–Trinajstić information content (AvgIpc) is 3.14. The molecule has 1 aromatic carbocycles. The lowest BCUT2D eigenvalue weighted by atomic mass is 9.90. The second-order valence-corrected chi connectivity index (χ2v) is 4.40. The number of phenols is 1. The van der Waals surface area contributed by atoms with Crippen molar-refractivity contribution in [3.63, 3.8) is 0 Å². The van der Waals surface area contributed by atoms with Crippen LogP contribution in [0.1, 0.15) is 30.7 Å². The highest BCUT2D eigenvalue weighted by Crippen LogP contribution is 2.46. The van der Waals surface area contributed by atoms with Gasteiger partial charge in [-0.2, -0.15) is 0 Å². The highest BCUT2D eigenvalue weighted by atomic mass is 19.1. The summed E-state index contributed by atoms with van der Waals surface area (Å²) in [5, 5.41) is 9.35. The van der Waals surface area contributed by atoms with E-state index in [1.165, 1.54) is 13.2 Å². The van der Waals surface area contributed by atoms with Gasteiger partial charge in [0.05, 0.1) is 13.5 Å². The minimum absolute atomic E-state index is 0.168. The predicted molar refractivity (Wildman–Crippen MR) is 60.2 cm³/mol. The maximum atomic E-state index is 13.8. The monoisotopic (exact) mass is 238 g/mol. The molecule has 0 spiro atoms. The van der Waals surface area contributed by atoms with Crippen LogP contribution in [0.4, 0.5) is 4.39 Å². The second kappa shape index (κ2) is 4.73. The van der Waals surface area contributed by atoms with Crippen LogP contribution in [0.15, 0.2) is 18.2 Å². The highest BCUT2D eigenvalue weighted by Gasteiger charge is 2.35. The van der Waals surface area contributed by atoms with E-state index < -0.39 is 5.82 Å². The first-order valence-electron chi connectivity index (χ1n) is 5.67. The molecule has 0 heterocycles. The Balaban J connectivity index is 2.26. The third kappa shape index (κ3) is 2.57. The van der Waals surface area contributed by atoms with Crippen LogP contribution in [0, 0.1) is 11.7 Å². The van der Waals surface area contributed by atoms with Crippen LogP contribution in [0.2, 0.25) is 0 Å². The van der Waals surface area contributed by atoms with Crippen LogP contribution in [-0.4, -0.2) is 18.2 Å². The highest BCUT2D eigenvalue weighted by molar-refractivity contribution is 5.70. The Labute approximate surface area is 99.2 Å². The topological polar surface area (TPSA) is 46.5 Å². The molecule has 17 heavy (non-hydrogen) atoms. The summed E-state index contributed by atoms with van der Waals surface area (Å²) in [6.45, 7) is 0. The summed E-state index contributed by atoms with van der Waals surface area (Å²) < 4.78 is 18.4. The Morgan fingerprint density at radius 1 is 1.59 bits per heavy atom. The molecule has 4 heteroatoms. The van der Waals surface area contributed by atoms with Gasteiger partial charge in [0.1, 0.15) is 0 Å². The maximum Gasteiger partial charge on any atom is 0.306 e. The smallest absolute Gasteiger partial charge is 0.306 e. The molecule has 0 amide bonds. The Bertz CT molecular complexity index is 427. The van der Waals surface area contributed by atoms with Gasteiger partial charge in [0, 0.05) is 5.92 Å². The molecule has 0 aromatic heterocycles. The molecule has 2 rings (SSSR count). The van der Waals surface area contributed by atoms with Gasteiger partial charge in [-0.15, -0.1) is 0 Å². The van der Waals surface area contributed by atoms with Gasteiger partial charge in [0.2, 0.25) is 0 Å². The molecular weight excluding hydrogens is 223 g/mol. The number of halogens is 1. The van der Waals surface area contributed by atoms with E-state index in [0.717, 1.165) is 12.8 Å². The van der Waals surface area contributed by atoms with Crippen molar-refractivity contribution in [2.45, 2.75) is 25.2 Å². The number of ether oxygens (including phenoxy) is 1. The van der Waals surface area contributed by atoms with E-state index in [0.29, 0.717) is 11.5 Å². The average molecular weight is 238 g/mol. The zero-order chi connectivity index (χ0) is 12.4. The minimum atomic E-state index is -0.617. The fraction of sp³-hybridized carbons (Fsp3) is 0.462. The fourth-order valence-electron chi connectivity index (χ4n) is 2.12. The SMILES string of the molecule is COC(=O)C[C@@H](c1cccc(O)c1F)C1CC1. The van der Waals surface area contributed by atoms with E-state index in [1.807, 2.05) is 0 Å². The zero-order valence-corrected chi connectivity index (χ0v) is 9.65. The number of esters is 1. The summed E-state index contributed by atoms with van der Waals surface area (Å²) in [5.41, 5.74) is 0.415. The van der Waals surface area contributed by atoms with Crippen LogP contribution in [-0.2, 0) is 9.53 Å². The molecule has 0 unspecified atom stereocenters. The van der Waals surface area contributed by atoms with E-state index in [4.69, 9.17) is 0 Å². The fourth-order valence-corrected chi connectivity index (χ4v) is 2.12. The Kier molecular flexibility index (Phi) is 3.31. The molecule has 1 fully saturated rings. The number of hydrogen-bond acceptors (Lipinski definition) is 3. The number of carbonyl (C=O) groups excluding carboxylic acids is 1. The molecule has 1 saturated carbocycles. The first-order chi connectivity index (χ1) is 8.13. The Hall–Kier alpha value is -1.58. The quantitative estimate of drug-likeness (QED) is 0.820. The molecule has 3 nitrogen and oxygen atoms in total. The summed E-state index contributed by atoms with van der Waals surface area (Å²) in [5.74, 6) is -1.18. The van der Waals surface area contributed by atoms with Gasteiger partial charge in [0.25, 0.3) is 0 Å². The van der Waals surface area contributed by atoms with Crippen LogP contribution in [0.25, 0.3) is 0 Å². The van der Waals surface area contributed by atoms with E-state index in [-0.39, 0.29) is 24.1 Å². The molecule has 1 atom stereocenters. The summed E-state index contributed by atoms with van der Waals surface area (Å²) in [7, 11) is 1.32. The first kappa shape index (κ1) is 11.9. The largest absolute Gasteiger partial charge is 0.505 e. The van der Waals surface area contributed by atoms with E-state index in [2.05, 4.69) is 4.74 Å². The van der Waals surface area contributed by atoms with Gasteiger partial charge in [0.15, 0.2) is 11.6 Å². The normalized spacial score (nSPS) is 16.6. The number of phenolic OH excluding ortho intramolecular Hbond substituents is 1. The van der Waals surface area contributed by atoms with Crippen molar-refractivity contribution in [1.29, 1.82) is 0 Å². The summed E-state index contributed by atoms with van der Waals surface area (Å²) in [6.07, 6.45) is 2.16. The molecule has 0 bridgehead atoms.